The normalized spacial score (nSPS) is 11.5. The fraction of sp³-hybridized carbons (Fsp3) is 0.222. The highest BCUT2D eigenvalue weighted by atomic mass is 79.9. The third-order valence-electron chi connectivity index (χ3n) is 1.72. The van der Waals surface area contributed by atoms with E-state index in [-0.39, 0.29) is 10.0 Å². The third kappa shape index (κ3) is 2.15. The number of aldehydes is 1. The van der Waals surface area contributed by atoms with E-state index in [1.54, 1.807) is 0 Å². The summed E-state index contributed by atoms with van der Waals surface area (Å²) in [4.78, 5) is 10.4. The van der Waals surface area contributed by atoms with Gasteiger partial charge in [-0.1, -0.05) is 0 Å². The minimum absolute atomic E-state index is 0.0180. The summed E-state index contributed by atoms with van der Waals surface area (Å²) in [7, 11) is 0. The molecule has 1 aromatic carbocycles. The summed E-state index contributed by atoms with van der Waals surface area (Å²) >= 11 is 2.84. The third-order valence-corrected chi connectivity index (χ3v) is 2.77. The van der Waals surface area contributed by atoms with E-state index in [2.05, 4.69) is 15.9 Å². The monoisotopic (exact) mass is 266 g/mol. The van der Waals surface area contributed by atoms with Crippen LogP contribution in [0.3, 0.4) is 0 Å². The molecule has 0 bridgehead atoms. The van der Waals surface area contributed by atoms with Crippen molar-refractivity contribution < 1.29 is 18.0 Å². The molecule has 0 aliphatic rings. The molecule has 0 saturated carbocycles. The predicted molar refractivity (Wildman–Crippen MR) is 49.3 cm³/mol. The molecule has 1 rings (SSSR count). The molecule has 0 fully saturated rings. The summed E-state index contributed by atoms with van der Waals surface area (Å²) in [6.07, 6.45) is -4.04. The fourth-order valence-corrected chi connectivity index (χ4v) is 1.53. The lowest BCUT2D eigenvalue weighted by atomic mass is 10.1. The molecule has 0 amide bonds. The Hall–Kier alpha value is -0.840. The molecule has 0 N–H and O–H groups in total. The van der Waals surface area contributed by atoms with E-state index in [1.807, 2.05) is 0 Å². The van der Waals surface area contributed by atoms with Gasteiger partial charge in [0.1, 0.15) is 6.29 Å². The molecule has 0 unspecified atom stereocenters. The molecule has 1 nitrogen and oxygen atoms in total. The van der Waals surface area contributed by atoms with Gasteiger partial charge < -0.3 is 0 Å². The maximum atomic E-state index is 12.4. The van der Waals surface area contributed by atoms with E-state index in [0.29, 0.717) is 11.8 Å². The number of aryl methyl sites for hydroxylation is 1. The van der Waals surface area contributed by atoms with Crippen LogP contribution in [0.4, 0.5) is 13.2 Å². The van der Waals surface area contributed by atoms with Crippen LogP contribution < -0.4 is 0 Å². The Morgan fingerprint density at radius 1 is 1.36 bits per heavy atom. The Labute approximate surface area is 87.1 Å². The van der Waals surface area contributed by atoms with Gasteiger partial charge in [-0.2, -0.15) is 13.2 Å². The van der Waals surface area contributed by atoms with Crippen LogP contribution in [0, 0.1) is 6.92 Å². The lowest BCUT2D eigenvalue weighted by Crippen LogP contribution is -2.07. The molecule has 1 aromatic rings. The summed E-state index contributed by atoms with van der Waals surface area (Å²) in [6, 6.07) is 2.22. The van der Waals surface area contributed by atoms with Crippen LogP contribution in [0.1, 0.15) is 21.5 Å². The first-order valence-corrected chi connectivity index (χ1v) is 4.48. The summed E-state index contributed by atoms with van der Waals surface area (Å²) in [5.74, 6) is 0. The number of hydrogen-bond donors (Lipinski definition) is 0. The van der Waals surface area contributed by atoms with Gasteiger partial charge in [-0.15, -0.1) is 0 Å². The van der Waals surface area contributed by atoms with Crippen molar-refractivity contribution in [3.05, 3.63) is 33.3 Å². The van der Waals surface area contributed by atoms with Gasteiger partial charge in [0.05, 0.1) is 5.56 Å². The summed E-state index contributed by atoms with van der Waals surface area (Å²) in [5.41, 5.74) is -0.403. The molecule has 5 heteroatoms. The largest absolute Gasteiger partial charge is 0.417 e. The van der Waals surface area contributed by atoms with Gasteiger partial charge in [-0.25, -0.2) is 0 Å². The number of rotatable bonds is 1. The van der Waals surface area contributed by atoms with Crippen molar-refractivity contribution in [1.29, 1.82) is 0 Å². The molecule has 0 atom stereocenters. The standard InChI is InChI=1S/C9H6BrF3O/c1-5-2-6(4-14)3-7(8(5)10)9(11,12)13/h2-4H,1H3. The van der Waals surface area contributed by atoms with Gasteiger partial charge in [-0.3, -0.25) is 4.79 Å². The Bertz CT molecular complexity index is 371. The highest BCUT2D eigenvalue weighted by molar-refractivity contribution is 9.10. The molecule has 76 valence electrons. The lowest BCUT2D eigenvalue weighted by Gasteiger charge is -2.11. The summed E-state index contributed by atoms with van der Waals surface area (Å²) in [5, 5.41) is 0. The van der Waals surface area contributed by atoms with Crippen LogP contribution in [-0.4, -0.2) is 6.29 Å². The zero-order chi connectivity index (χ0) is 10.9. The van der Waals surface area contributed by atoms with Gasteiger partial charge in [0, 0.05) is 10.0 Å². The number of carbonyl (C=O) groups is 1. The highest BCUT2D eigenvalue weighted by Crippen LogP contribution is 2.36. The van der Waals surface area contributed by atoms with Crippen molar-refractivity contribution >= 4 is 22.2 Å². The Morgan fingerprint density at radius 3 is 2.36 bits per heavy atom. The van der Waals surface area contributed by atoms with E-state index in [9.17, 15) is 18.0 Å². The first-order chi connectivity index (χ1) is 6.36. The second-order valence-electron chi connectivity index (χ2n) is 2.81. The molecule has 0 spiro atoms. The zero-order valence-corrected chi connectivity index (χ0v) is 8.74. The molecule has 14 heavy (non-hydrogen) atoms. The van der Waals surface area contributed by atoms with Gasteiger partial charge >= 0.3 is 6.18 Å². The Balaban J connectivity index is 3.42. The van der Waals surface area contributed by atoms with Crippen molar-refractivity contribution in [1.82, 2.24) is 0 Å². The number of halogens is 4. The van der Waals surface area contributed by atoms with Crippen LogP contribution >= 0.6 is 15.9 Å². The molecular formula is C9H6BrF3O. The number of hydrogen-bond acceptors (Lipinski definition) is 1. The van der Waals surface area contributed by atoms with E-state index in [1.165, 1.54) is 13.0 Å². The van der Waals surface area contributed by atoms with E-state index in [0.717, 1.165) is 6.07 Å². The average Bonchev–Trinajstić information content (AvgIpc) is 2.07. The van der Waals surface area contributed by atoms with E-state index in [4.69, 9.17) is 0 Å². The van der Waals surface area contributed by atoms with Crippen molar-refractivity contribution in [2.75, 3.05) is 0 Å². The lowest BCUT2D eigenvalue weighted by molar-refractivity contribution is -0.138. The van der Waals surface area contributed by atoms with Crippen molar-refractivity contribution in [3.63, 3.8) is 0 Å². The number of carbonyl (C=O) groups excluding carboxylic acids is 1. The van der Waals surface area contributed by atoms with Gasteiger partial charge in [-0.05, 0) is 40.5 Å². The van der Waals surface area contributed by atoms with Gasteiger partial charge in [0.15, 0.2) is 0 Å². The molecule has 0 heterocycles. The van der Waals surface area contributed by atoms with Gasteiger partial charge in [0.25, 0.3) is 0 Å². The first-order valence-electron chi connectivity index (χ1n) is 3.69. The molecular weight excluding hydrogens is 261 g/mol. The SMILES string of the molecule is Cc1cc(C=O)cc(C(F)(F)F)c1Br. The van der Waals surface area contributed by atoms with Crippen molar-refractivity contribution in [2.45, 2.75) is 13.1 Å². The van der Waals surface area contributed by atoms with Crippen LogP contribution in [0.15, 0.2) is 16.6 Å². The maximum Gasteiger partial charge on any atom is 0.417 e. The maximum absolute atomic E-state index is 12.4. The van der Waals surface area contributed by atoms with Crippen LogP contribution in [-0.2, 0) is 6.18 Å². The van der Waals surface area contributed by atoms with Crippen LogP contribution in [0.25, 0.3) is 0 Å². The van der Waals surface area contributed by atoms with Crippen LogP contribution in [0.2, 0.25) is 0 Å². The average molecular weight is 267 g/mol. The molecule has 0 aliphatic carbocycles. The quantitative estimate of drug-likeness (QED) is 0.710. The minimum atomic E-state index is -4.44. The fourth-order valence-electron chi connectivity index (χ4n) is 1.07. The first kappa shape index (κ1) is 11.2. The van der Waals surface area contributed by atoms with Crippen LogP contribution in [0.5, 0.6) is 0 Å². The highest BCUT2D eigenvalue weighted by Gasteiger charge is 2.33. The summed E-state index contributed by atoms with van der Waals surface area (Å²) < 4.78 is 37.2. The topological polar surface area (TPSA) is 17.1 Å². The number of benzene rings is 1. The molecule has 0 saturated heterocycles. The van der Waals surface area contributed by atoms with Gasteiger partial charge in [0.2, 0.25) is 0 Å². The zero-order valence-electron chi connectivity index (χ0n) is 7.15. The molecule has 0 radical (unpaired) electrons. The Morgan fingerprint density at radius 2 is 1.93 bits per heavy atom. The molecule has 0 aliphatic heterocycles. The molecule has 0 aromatic heterocycles. The van der Waals surface area contributed by atoms with E-state index < -0.39 is 11.7 Å². The van der Waals surface area contributed by atoms with E-state index >= 15 is 0 Å². The van der Waals surface area contributed by atoms with Crippen molar-refractivity contribution in [2.24, 2.45) is 0 Å². The smallest absolute Gasteiger partial charge is 0.298 e. The Kier molecular flexibility index (Phi) is 2.99. The second kappa shape index (κ2) is 3.73. The van der Waals surface area contributed by atoms with Crippen molar-refractivity contribution in [3.8, 4) is 0 Å². The number of alkyl halides is 3. The second-order valence-corrected chi connectivity index (χ2v) is 3.61. The predicted octanol–water partition coefficient (Wildman–Crippen LogP) is 3.59. The minimum Gasteiger partial charge on any atom is -0.298 e. The summed E-state index contributed by atoms with van der Waals surface area (Å²) in [6.45, 7) is 1.51.